The van der Waals surface area contributed by atoms with Gasteiger partial charge in [0, 0.05) is 66.7 Å². The van der Waals surface area contributed by atoms with Gasteiger partial charge in [-0.25, -0.2) is 4.52 Å². The molecule has 1 spiro atoms. The quantitative estimate of drug-likeness (QED) is 0.368. The number of terminal acetylenes is 1. The Morgan fingerprint density at radius 3 is 2.49 bits per heavy atom. The summed E-state index contributed by atoms with van der Waals surface area (Å²) in [5.74, 6) is 2.71. The third-order valence-electron chi connectivity index (χ3n) is 8.80. The van der Waals surface area contributed by atoms with Gasteiger partial charge in [0.25, 0.3) is 5.91 Å². The van der Waals surface area contributed by atoms with Crippen LogP contribution in [0.1, 0.15) is 49.8 Å². The first kappa shape index (κ1) is 24.9. The standard InChI is InChI=1S/C31H31N7O/c1-3-29(39)37-12-10-31(11-13-37)8-6-22(7-9-31)14-27-5-4-23(17-33-27)28-15-24(26-19-34-36(2)20-26)21-38-30(28)25(16-32)18-35-38/h1,4-5,15,17-22H,6-14H2,2H3. The average molecular weight is 518 g/mol. The molecule has 4 aromatic heterocycles. The molecular weight excluding hydrogens is 486 g/mol. The predicted molar refractivity (Wildman–Crippen MR) is 148 cm³/mol. The first-order chi connectivity index (χ1) is 19.0. The maximum Gasteiger partial charge on any atom is 0.298 e. The van der Waals surface area contributed by atoms with Gasteiger partial charge in [-0.15, -0.1) is 6.42 Å². The summed E-state index contributed by atoms with van der Waals surface area (Å²) < 4.78 is 3.55. The highest BCUT2D eigenvalue weighted by molar-refractivity contribution is 5.93. The van der Waals surface area contributed by atoms with E-state index < -0.39 is 0 Å². The number of hydrogen-bond acceptors (Lipinski definition) is 5. The van der Waals surface area contributed by atoms with Crippen molar-refractivity contribution in [1.82, 2.24) is 29.3 Å². The zero-order chi connectivity index (χ0) is 27.0. The Kier molecular flexibility index (Phi) is 6.40. The lowest BCUT2D eigenvalue weighted by molar-refractivity contribution is -0.127. The smallest absolute Gasteiger partial charge is 0.298 e. The number of amides is 1. The minimum Gasteiger partial charge on any atom is -0.332 e. The lowest BCUT2D eigenvalue weighted by atomic mass is 9.65. The third-order valence-corrected chi connectivity index (χ3v) is 8.80. The Morgan fingerprint density at radius 1 is 1.05 bits per heavy atom. The van der Waals surface area contributed by atoms with Gasteiger partial charge in [0.15, 0.2) is 0 Å². The Labute approximate surface area is 228 Å². The van der Waals surface area contributed by atoms with Crippen molar-refractivity contribution in [1.29, 1.82) is 5.26 Å². The number of aromatic nitrogens is 5. The second-order valence-corrected chi connectivity index (χ2v) is 11.1. The minimum atomic E-state index is -0.172. The number of rotatable bonds is 4. The van der Waals surface area contributed by atoms with Crippen molar-refractivity contribution in [3.63, 3.8) is 0 Å². The number of nitriles is 1. The molecule has 8 heteroatoms. The van der Waals surface area contributed by atoms with E-state index in [0.29, 0.717) is 16.9 Å². The number of likely N-dealkylation sites (tertiary alicyclic amines) is 1. The number of piperidine rings is 1. The van der Waals surface area contributed by atoms with E-state index in [2.05, 4.69) is 40.4 Å². The third kappa shape index (κ3) is 4.79. The number of aryl methyl sites for hydroxylation is 1. The van der Waals surface area contributed by atoms with Crippen LogP contribution in [-0.2, 0) is 18.3 Å². The first-order valence-electron chi connectivity index (χ1n) is 13.6. The summed E-state index contributed by atoms with van der Waals surface area (Å²) in [5.41, 5.74) is 6.65. The van der Waals surface area contributed by atoms with Crippen molar-refractivity contribution in [2.45, 2.75) is 44.9 Å². The van der Waals surface area contributed by atoms with Crippen molar-refractivity contribution in [3.05, 3.63) is 60.4 Å². The molecule has 0 unspecified atom stereocenters. The maximum absolute atomic E-state index is 11.8. The molecule has 6 rings (SSSR count). The highest BCUT2D eigenvalue weighted by atomic mass is 16.2. The number of fused-ring (bicyclic) bond motifs is 1. The first-order valence-corrected chi connectivity index (χ1v) is 13.6. The molecule has 4 aromatic rings. The van der Waals surface area contributed by atoms with Crippen LogP contribution in [0.5, 0.6) is 0 Å². The second-order valence-electron chi connectivity index (χ2n) is 11.1. The van der Waals surface area contributed by atoms with Gasteiger partial charge in [-0.05, 0) is 74.3 Å². The van der Waals surface area contributed by atoms with Gasteiger partial charge in [0.2, 0.25) is 0 Å². The molecule has 1 aliphatic carbocycles. The monoisotopic (exact) mass is 517 g/mol. The lowest BCUT2D eigenvalue weighted by Gasteiger charge is -2.45. The Bertz CT molecular complexity index is 1600. The Hall–Kier alpha value is -4.43. The van der Waals surface area contributed by atoms with E-state index in [0.717, 1.165) is 65.8 Å². The van der Waals surface area contributed by atoms with Crippen LogP contribution in [0.3, 0.4) is 0 Å². The van der Waals surface area contributed by atoms with E-state index in [4.69, 9.17) is 11.4 Å². The highest BCUT2D eigenvalue weighted by Gasteiger charge is 2.38. The molecule has 0 bridgehead atoms. The summed E-state index contributed by atoms with van der Waals surface area (Å²) in [6.45, 7) is 1.58. The van der Waals surface area contributed by atoms with Crippen molar-refractivity contribution >= 4 is 11.4 Å². The summed E-state index contributed by atoms with van der Waals surface area (Å²) in [6, 6.07) is 8.60. The molecule has 1 aliphatic heterocycles. The fourth-order valence-electron chi connectivity index (χ4n) is 6.42. The molecule has 39 heavy (non-hydrogen) atoms. The lowest BCUT2D eigenvalue weighted by Crippen LogP contribution is -2.44. The zero-order valence-corrected chi connectivity index (χ0v) is 22.2. The number of pyridine rings is 2. The topological polar surface area (TPSA) is 92.1 Å². The summed E-state index contributed by atoms with van der Waals surface area (Å²) >= 11 is 0. The average Bonchev–Trinajstić information content (AvgIpc) is 3.60. The van der Waals surface area contributed by atoms with Crippen molar-refractivity contribution in [3.8, 4) is 40.7 Å². The molecule has 5 heterocycles. The molecule has 1 saturated carbocycles. The minimum absolute atomic E-state index is 0.172. The Balaban J connectivity index is 1.17. The molecule has 2 aliphatic rings. The zero-order valence-electron chi connectivity index (χ0n) is 22.2. The molecule has 0 aromatic carbocycles. The van der Waals surface area contributed by atoms with Gasteiger partial charge in [-0.1, -0.05) is 6.07 Å². The fourth-order valence-corrected chi connectivity index (χ4v) is 6.42. The normalized spacial score (nSPS) is 17.3. The van der Waals surface area contributed by atoms with Crippen molar-refractivity contribution < 1.29 is 4.79 Å². The molecule has 196 valence electrons. The van der Waals surface area contributed by atoms with Crippen molar-refractivity contribution in [2.24, 2.45) is 18.4 Å². The van der Waals surface area contributed by atoms with Crippen LogP contribution in [0, 0.1) is 35.0 Å². The van der Waals surface area contributed by atoms with E-state index in [-0.39, 0.29) is 5.91 Å². The van der Waals surface area contributed by atoms with Crippen LogP contribution in [0.15, 0.2) is 49.2 Å². The molecular formula is C31H31N7O. The van der Waals surface area contributed by atoms with Gasteiger partial charge >= 0.3 is 0 Å². The maximum atomic E-state index is 11.8. The predicted octanol–water partition coefficient (Wildman–Crippen LogP) is 4.64. The summed E-state index contributed by atoms with van der Waals surface area (Å²) in [6.07, 6.45) is 22.5. The molecule has 0 N–H and O–H groups in total. The van der Waals surface area contributed by atoms with Crippen LogP contribution in [-0.4, -0.2) is 48.3 Å². The SMILES string of the molecule is C#CC(=O)N1CCC2(CCC(Cc3ccc(-c4cc(-c5cnn(C)c5)cn5ncc(C#N)c45)cn3)CC2)CC1. The van der Waals surface area contributed by atoms with Crippen LogP contribution >= 0.6 is 0 Å². The molecule has 2 fully saturated rings. The van der Waals surface area contributed by atoms with E-state index in [1.807, 2.05) is 36.7 Å². The number of nitrogens with zero attached hydrogens (tertiary/aromatic N) is 7. The molecule has 8 nitrogen and oxygen atoms in total. The largest absolute Gasteiger partial charge is 0.332 e. The molecule has 0 radical (unpaired) electrons. The summed E-state index contributed by atoms with van der Waals surface area (Å²) in [5, 5.41) is 18.4. The van der Waals surface area contributed by atoms with Crippen LogP contribution in [0.25, 0.3) is 27.8 Å². The number of carbonyl (C=O) groups excluding carboxylic acids is 1. The van der Waals surface area contributed by atoms with Gasteiger partial charge in [-0.3, -0.25) is 14.5 Å². The van der Waals surface area contributed by atoms with E-state index in [9.17, 15) is 10.1 Å². The van der Waals surface area contributed by atoms with Gasteiger partial charge in [0.05, 0.1) is 23.5 Å². The van der Waals surface area contributed by atoms with E-state index in [1.165, 1.54) is 25.7 Å². The van der Waals surface area contributed by atoms with E-state index in [1.54, 1.807) is 15.4 Å². The molecule has 0 atom stereocenters. The van der Waals surface area contributed by atoms with Crippen LogP contribution < -0.4 is 0 Å². The molecule has 1 saturated heterocycles. The van der Waals surface area contributed by atoms with Crippen LogP contribution in [0.2, 0.25) is 0 Å². The van der Waals surface area contributed by atoms with Crippen molar-refractivity contribution in [2.75, 3.05) is 13.1 Å². The highest BCUT2D eigenvalue weighted by Crippen LogP contribution is 2.47. The molecule has 1 amide bonds. The summed E-state index contributed by atoms with van der Waals surface area (Å²) in [4.78, 5) is 18.5. The number of carbonyl (C=O) groups is 1. The number of hydrogen-bond donors (Lipinski definition) is 0. The second kappa shape index (κ2) is 10.0. The fraction of sp³-hybridized carbons (Fsp3) is 0.387. The van der Waals surface area contributed by atoms with Gasteiger partial charge in [-0.2, -0.15) is 15.5 Å². The Morgan fingerprint density at radius 2 is 1.85 bits per heavy atom. The van der Waals surface area contributed by atoms with Gasteiger partial charge < -0.3 is 4.90 Å². The van der Waals surface area contributed by atoms with E-state index >= 15 is 0 Å². The van der Waals surface area contributed by atoms with Crippen LogP contribution in [0.4, 0.5) is 0 Å². The van der Waals surface area contributed by atoms with Gasteiger partial charge in [0.1, 0.15) is 6.07 Å². The summed E-state index contributed by atoms with van der Waals surface area (Å²) in [7, 11) is 1.89.